The van der Waals surface area contributed by atoms with Crippen molar-refractivity contribution in [2.24, 2.45) is 0 Å². The van der Waals surface area contributed by atoms with Crippen molar-refractivity contribution in [1.29, 1.82) is 0 Å². The first-order chi connectivity index (χ1) is 13.3. The minimum Gasteiger partial charge on any atom is -0.493 e. The Balaban J connectivity index is 1.52. The van der Waals surface area contributed by atoms with Crippen molar-refractivity contribution >= 4 is 11.8 Å². The van der Waals surface area contributed by atoms with Gasteiger partial charge in [-0.3, -0.25) is 0 Å². The summed E-state index contributed by atoms with van der Waals surface area (Å²) in [5.74, 6) is 2.62. The Bertz CT molecular complexity index is 858. The molecule has 0 aliphatic heterocycles. The largest absolute Gasteiger partial charge is 0.493 e. The molecular weight excluding hydrogens is 342 g/mol. The molecule has 0 bridgehead atoms. The molecule has 0 aliphatic rings. The fraction of sp³-hybridized carbons (Fsp3) is 0.250. The SMILES string of the molecule is COc1ccc(CCNc2nncc(NCc3ccccc3)n2)cc1OC. The molecule has 27 heavy (non-hydrogen) atoms. The van der Waals surface area contributed by atoms with Crippen LogP contribution in [0.15, 0.2) is 54.7 Å². The van der Waals surface area contributed by atoms with E-state index in [1.807, 2.05) is 36.4 Å². The normalized spacial score (nSPS) is 10.3. The Kier molecular flexibility index (Phi) is 6.40. The second kappa shape index (κ2) is 9.38. The predicted octanol–water partition coefficient (Wildman–Crippen LogP) is 3.16. The van der Waals surface area contributed by atoms with Gasteiger partial charge in [0.25, 0.3) is 0 Å². The van der Waals surface area contributed by atoms with Crippen LogP contribution in [0.1, 0.15) is 11.1 Å². The summed E-state index contributed by atoms with van der Waals surface area (Å²) in [6.45, 7) is 1.36. The number of hydrogen-bond donors (Lipinski definition) is 2. The van der Waals surface area contributed by atoms with Gasteiger partial charge in [0, 0.05) is 13.1 Å². The third-order valence-corrected chi connectivity index (χ3v) is 4.02. The molecule has 0 spiro atoms. The fourth-order valence-corrected chi connectivity index (χ4v) is 2.61. The highest BCUT2D eigenvalue weighted by molar-refractivity contribution is 5.43. The van der Waals surface area contributed by atoms with E-state index in [0.717, 1.165) is 23.5 Å². The summed E-state index contributed by atoms with van der Waals surface area (Å²) < 4.78 is 10.6. The van der Waals surface area contributed by atoms with E-state index in [1.165, 1.54) is 5.56 Å². The topological polar surface area (TPSA) is 81.2 Å². The summed E-state index contributed by atoms with van der Waals surface area (Å²) in [6, 6.07) is 16.0. The average Bonchev–Trinajstić information content (AvgIpc) is 2.73. The molecule has 2 N–H and O–H groups in total. The molecule has 2 aromatic carbocycles. The molecular formula is C20H23N5O2. The summed E-state index contributed by atoms with van der Waals surface area (Å²) in [5, 5.41) is 14.5. The first-order valence-corrected chi connectivity index (χ1v) is 8.71. The number of nitrogens with one attached hydrogen (secondary N) is 2. The van der Waals surface area contributed by atoms with Crippen LogP contribution in [0.2, 0.25) is 0 Å². The number of aromatic nitrogens is 3. The van der Waals surface area contributed by atoms with Crippen LogP contribution >= 0.6 is 0 Å². The minimum atomic E-state index is 0.494. The van der Waals surface area contributed by atoms with Gasteiger partial charge in [-0.2, -0.15) is 10.1 Å². The van der Waals surface area contributed by atoms with Crippen molar-refractivity contribution < 1.29 is 9.47 Å². The van der Waals surface area contributed by atoms with Crippen LogP contribution in [0.5, 0.6) is 11.5 Å². The molecule has 0 radical (unpaired) electrons. The zero-order chi connectivity index (χ0) is 18.9. The van der Waals surface area contributed by atoms with Gasteiger partial charge in [0.2, 0.25) is 5.95 Å². The highest BCUT2D eigenvalue weighted by atomic mass is 16.5. The second-order valence-corrected chi connectivity index (χ2v) is 5.87. The molecule has 7 nitrogen and oxygen atoms in total. The quantitative estimate of drug-likeness (QED) is 0.603. The molecule has 0 saturated carbocycles. The van der Waals surface area contributed by atoms with Crippen molar-refractivity contribution in [3.63, 3.8) is 0 Å². The zero-order valence-electron chi connectivity index (χ0n) is 15.5. The molecule has 3 aromatic rings. The number of nitrogens with zero attached hydrogens (tertiary/aromatic N) is 3. The molecule has 3 rings (SSSR count). The van der Waals surface area contributed by atoms with E-state index >= 15 is 0 Å². The van der Waals surface area contributed by atoms with Crippen molar-refractivity contribution in [1.82, 2.24) is 15.2 Å². The van der Waals surface area contributed by atoms with Crippen LogP contribution in [0.25, 0.3) is 0 Å². The molecule has 0 aliphatic carbocycles. The third kappa shape index (κ3) is 5.31. The fourth-order valence-electron chi connectivity index (χ4n) is 2.61. The number of methoxy groups -OCH3 is 2. The molecule has 0 atom stereocenters. The maximum absolute atomic E-state index is 5.33. The number of hydrogen-bond acceptors (Lipinski definition) is 7. The van der Waals surface area contributed by atoms with Gasteiger partial charge in [-0.05, 0) is 29.7 Å². The number of ether oxygens (including phenoxy) is 2. The average molecular weight is 365 g/mol. The van der Waals surface area contributed by atoms with Crippen LogP contribution in [0.3, 0.4) is 0 Å². The molecule has 0 saturated heterocycles. The Morgan fingerprint density at radius 3 is 2.48 bits per heavy atom. The lowest BCUT2D eigenvalue weighted by Gasteiger charge is -2.10. The van der Waals surface area contributed by atoms with E-state index in [9.17, 15) is 0 Å². The van der Waals surface area contributed by atoms with E-state index < -0.39 is 0 Å². The molecule has 7 heteroatoms. The van der Waals surface area contributed by atoms with Crippen LogP contribution < -0.4 is 20.1 Å². The van der Waals surface area contributed by atoms with Crippen LogP contribution in [0, 0.1) is 0 Å². The molecule has 0 amide bonds. The highest BCUT2D eigenvalue weighted by Crippen LogP contribution is 2.27. The van der Waals surface area contributed by atoms with Gasteiger partial charge < -0.3 is 20.1 Å². The molecule has 1 aromatic heterocycles. The van der Waals surface area contributed by atoms with Gasteiger partial charge in [-0.15, -0.1) is 5.10 Å². The van der Waals surface area contributed by atoms with Crippen molar-refractivity contribution in [2.75, 3.05) is 31.4 Å². The number of anilines is 2. The summed E-state index contributed by atoms with van der Waals surface area (Å²) in [7, 11) is 3.26. The van der Waals surface area contributed by atoms with E-state index in [2.05, 4.69) is 37.9 Å². The Morgan fingerprint density at radius 1 is 0.889 bits per heavy atom. The van der Waals surface area contributed by atoms with Gasteiger partial charge in [-0.1, -0.05) is 36.4 Å². The number of rotatable bonds is 9. The first-order valence-electron chi connectivity index (χ1n) is 8.71. The molecule has 1 heterocycles. The minimum absolute atomic E-state index is 0.494. The van der Waals surface area contributed by atoms with Crippen LogP contribution in [0.4, 0.5) is 11.8 Å². The van der Waals surface area contributed by atoms with Crippen molar-refractivity contribution in [3.05, 3.63) is 65.9 Å². The van der Waals surface area contributed by atoms with Crippen LogP contribution in [-0.4, -0.2) is 35.9 Å². The second-order valence-electron chi connectivity index (χ2n) is 5.87. The number of benzene rings is 2. The van der Waals surface area contributed by atoms with Gasteiger partial charge in [0.15, 0.2) is 17.3 Å². The first kappa shape index (κ1) is 18.4. The lowest BCUT2D eigenvalue weighted by Crippen LogP contribution is -2.10. The standard InChI is InChI=1S/C20H23N5O2/c1-26-17-9-8-15(12-18(17)27-2)10-11-21-20-24-19(14-23-25-20)22-13-16-6-4-3-5-7-16/h3-9,12,14H,10-11,13H2,1-2H3,(H2,21,22,24,25). The van der Waals surface area contributed by atoms with Crippen molar-refractivity contribution in [2.45, 2.75) is 13.0 Å². The molecule has 0 unspecified atom stereocenters. The maximum Gasteiger partial charge on any atom is 0.244 e. The Morgan fingerprint density at radius 2 is 1.70 bits per heavy atom. The van der Waals surface area contributed by atoms with E-state index in [-0.39, 0.29) is 0 Å². The van der Waals surface area contributed by atoms with Gasteiger partial charge in [-0.25, -0.2) is 0 Å². The van der Waals surface area contributed by atoms with Crippen LogP contribution in [-0.2, 0) is 13.0 Å². The lowest BCUT2D eigenvalue weighted by molar-refractivity contribution is 0.354. The highest BCUT2D eigenvalue weighted by Gasteiger charge is 2.05. The molecule has 140 valence electrons. The van der Waals surface area contributed by atoms with E-state index in [1.54, 1.807) is 20.4 Å². The Labute approximate surface area is 158 Å². The van der Waals surface area contributed by atoms with E-state index in [4.69, 9.17) is 9.47 Å². The third-order valence-electron chi connectivity index (χ3n) is 4.02. The molecule has 0 fully saturated rings. The van der Waals surface area contributed by atoms with E-state index in [0.29, 0.717) is 24.9 Å². The van der Waals surface area contributed by atoms with Gasteiger partial charge in [0.05, 0.1) is 20.4 Å². The van der Waals surface area contributed by atoms with Gasteiger partial charge >= 0.3 is 0 Å². The summed E-state index contributed by atoms with van der Waals surface area (Å²) in [6.07, 6.45) is 2.41. The summed E-state index contributed by atoms with van der Waals surface area (Å²) >= 11 is 0. The predicted molar refractivity (Wildman–Crippen MR) is 105 cm³/mol. The zero-order valence-corrected chi connectivity index (χ0v) is 15.5. The monoisotopic (exact) mass is 365 g/mol. The summed E-state index contributed by atoms with van der Waals surface area (Å²) in [4.78, 5) is 4.44. The van der Waals surface area contributed by atoms with Gasteiger partial charge in [0.1, 0.15) is 0 Å². The summed E-state index contributed by atoms with van der Waals surface area (Å²) in [5.41, 5.74) is 2.31. The maximum atomic E-state index is 5.33. The lowest BCUT2D eigenvalue weighted by atomic mass is 10.1. The smallest absolute Gasteiger partial charge is 0.244 e. The Hall–Kier alpha value is -3.35. The van der Waals surface area contributed by atoms with Crippen molar-refractivity contribution in [3.8, 4) is 11.5 Å².